The molecule has 9 heavy (non-hydrogen) atoms. The van der Waals surface area contributed by atoms with Crippen LogP contribution < -0.4 is 0 Å². The van der Waals surface area contributed by atoms with Crippen LogP contribution in [0.15, 0.2) is 18.3 Å². The second-order valence-corrected chi connectivity index (χ2v) is 2.73. The lowest BCUT2D eigenvalue weighted by molar-refractivity contribution is 0.484. The van der Waals surface area contributed by atoms with Crippen LogP contribution in [0.1, 0.15) is 5.56 Å². The molecule has 0 amide bonds. The van der Waals surface area contributed by atoms with Gasteiger partial charge in [0.05, 0.1) is 0 Å². The maximum absolute atomic E-state index is 11.8. The van der Waals surface area contributed by atoms with E-state index in [2.05, 4.69) is 27.6 Å². The van der Waals surface area contributed by atoms with E-state index in [1.165, 1.54) is 0 Å². The first kappa shape index (κ1) is 6.92. The second kappa shape index (κ2) is 3.10. The largest absolute Gasteiger partial charge is 0.250 e. The van der Waals surface area contributed by atoms with Gasteiger partial charge in [-0.05, 0) is 28.7 Å². The van der Waals surface area contributed by atoms with Gasteiger partial charge in [-0.25, -0.2) is 9.37 Å². The van der Waals surface area contributed by atoms with Crippen molar-refractivity contribution in [2.45, 2.75) is 6.67 Å². The molecule has 1 heterocycles. The first-order valence-electron chi connectivity index (χ1n) is 2.49. The number of pyridine rings is 1. The van der Waals surface area contributed by atoms with E-state index >= 15 is 0 Å². The van der Waals surface area contributed by atoms with Gasteiger partial charge in [-0.2, -0.15) is 0 Å². The van der Waals surface area contributed by atoms with E-state index < -0.39 is 6.67 Å². The van der Waals surface area contributed by atoms with E-state index in [1.54, 1.807) is 18.3 Å². The molecular weight excluding hydrogens is 232 g/mol. The lowest BCUT2D eigenvalue weighted by atomic mass is 10.3. The van der Waals surface area contributed by atoms with Crippen molar-refractivity contribution >= 4 is 22.6 Å². The van der Waals surface area contributed by atoms with Crippen molar-refractivity contribution < 1.29 is 4.39 Å². The van der Waals surface area contributed by atoms with Crippen LogP contribution in [-0.4, -0.2) is 4.98 Å². The molecule has 0 fully saturated rings. The lowest BCUT2D eigenvalue weighted by Crippen LogP contribution is -1.82. The van der Waals surface area contributed by atoms with E-state index in [4.69, 9.17) is 0 Å². The smallest absolute Gasteiger partial charge is 0.116 e. The van der Waals surface area contributed by atoms with Crippen molar-refractivity contribution in [3.63, 3.8) is 0 Å². The minimum absolute atomic E-state index is 0.427. The van der Waals surface area contributed by atoms with E-state index in [9.17, 15) is 4.39 Å². The summed E-state index contributed by atoms with van der Waals surface area (Å²) in [6, 6.07) is 3.52. The van der Waals surface area contributed by atoms with Crippen molar-refractivity contribution in [3.05, 3.63) is 27.6 Å². The van der Waals surface area contributed by atoms with Gasteiger partial charge in [0.25, 0.3) is 0 Å². The Morgan fingerprint density at radius 3 is 2.78 bits per heavy atom. The zero-order valence-corrected chi connectivity index (χ0v) is 6.80. The average molecular weight is 237 g/mol. The number of alkyl halides is 1. The van der Waals surface area contributed by atoms with Gasteiger partial charge < -0.3 is 0 Å². The molecule has 0 aliphatic rings. The van der Waals surface area contributed by atoms with Crippen molar-refractivity contribution in [1.29, 1.82) is 0 Å². The molecule has 0 saturated heterocycles. The Bertz CT molecular complexity index is 185. The number of hydrogen-bond acceptors (Lipinski definition) is 1. The van der Waals surface area contributed by atoms with Crippen LogP contribution in [-0.2, 0) is 6.67 Å². The first-order chi connectivity index (χ1) is 4.33. The second-order valence-electron chi connectivity index (χ2n) is 1.62. The third-order valence-electron chi connectivity index (χ3n) is 0.943. The highest BCUT2D eigenvalue weighted by molar-refractivity contribution is 14.1. The van der Waals surface area contributed by atoms with Crippen molar-refractivity contribution in [3.8, 4) is 0 Å². The Hall–Kier alpha value is -0.190. The highest BCUT2D eigenvalue weighted by atomic mass is 127. The van der Waals surface area contributed by atoms with Gasteiger partial charge in [-0.15, -0.1) is 0 Å². The number of aromatic nitrogens is 1. The molecule has 0 atom stereocenters. The molecule has 1 aromatic rings. The molecule has 48 valence electrons. The summed E-state index contributed by atoms with van der Waals surface area (Å²) in [6.45, 7) is -0.427. The SMILES string of the molecule is FCc1ccc(I)nc1. The van der Waals surface area contributed by atoms with Crippen LogP contribution in [0.25, 0.3) is 0 Å². The van der Waals surface area contributed by atoms with E-state index in [0.717, 1.165) is 3.70 Å². The summed E-state index contributed by atoms with van der Waals surface area (Å²) in [7, 11) is 0. The number of hydrogen-bond donors (Lipinski definition) is 0. The van der Waals surface area contributed by atoms with Crippen molar-refractivity contribution in [2.24, 2.45) is 0 Å². The molecule has 0 aliphatic carbocycles. The van der Waals surface area contributed by atoms with Gasteiger partial charge in [0.2, 0.25) is 0 Å². The summed E-state index contributed by atoms with van der Waals surface area (Å²) in [6.07, 6.45) is 1.54. The normalized spacial score (nSPS) is 9.56. The molecule has 3 heteroatoms. The highest BCUT2D eigenvalue weighted by Gasteiger charge is 1.89. The van der Waals surface area contributed by atoms with Crippen LogP contribution in [0.2, 0.25) is 0 Å². The molecule has 1 nitrogen and oxygen atoms in total. The van der Waals surface area contributed by atoms with Gasteiger partial charge in [0.1, 0.15) is 10.4 Å². The van der Waals surface area contributed by atoms with Gasteiger partial charge in [-0.3, -0.25) is 0 Å². The third kappa shape index (κ3) is 1.89. The van der Waals surface area contributed by atoms with Gasteiger partial charge in [0.15, 0.2) is 0 Å². The summed E-state index contributed by atoms with van der Waals surface area (Å²) in [5.74, 6) is 0. The first-order valence-corrected chi connectivity index (χ1v) is 3.57. The molecule has 1 rings (SSSR count). The fourth-order valence-corrected chi connectivity index (χ4v) is 0.805. The number of halogens is 2. The molecule has 0 N–H and O–H groups in total. The van der Waals surface area contributed by atoms with Crippen LogP contribution >= 0.6 is 22.6 Å². The quantitative estimate of drug-likeness (QED) is 0.538. The molecule has 0 saturated carbocycles. The van der Waals surface area contributed by atoms with Crippen LogP contribution in [0.3, 0.4) is 0 Å². The fraction of sp³-hybridized carbons (Fsp3) is 0.167. The molecule has 0 spiro atoms. The van der Waals surface area contributed by atoms with E-state index in [0.29, 0.717) is 5.56 Å². The van der Waals surface area contributed by atoms with Gasteiger partial charge in [0, 0.05) is 11.8 Å². The Morgan fingerprint density at radius 2 is 2.33 bits per heavy atom. The molecule has 0 unspecified atom stereocenters. The van der Waals surface area contributed by atoms with Crippen molar-refractivity contribution in [2.75, 3.05) is 0 Å². The highest BCUT2D eigenvalue weighted by Crippen LogP contribution is 2.03. The fourth-order valence-electron chi connectivity index (χ4n) is 0.485. The maximum atomic E-state index is 11.8. The topological polar surface area (TPSA) is 12.9 Å². The Morgan fingerprint density at radius 1 is 1.56 bits per heavy atom. The van der Waals surface area contributed by atoms with Crippen molar-refractivity contribution in [1.82, 2.24) is 4.98 Å². The minimum Gasteiger partial charge on any atom is -0.250 e. The number of nitrogens with zero attached hydrogens (tertiary/aromatic N) is 1. The Labute approximate surface area is 66.4 Å². The molecule has 0 aromatic carbocycles. The molecule has 0 radical (unpaired) electrons. The zero-order valence-electron chi connectivity index (χ0n) is 4.64. The van der Waals surface area contributed by atoms with Crippen LogP contribution in [0, 0.1) is 3.70 Å². The molecular formula is C6H5FIN. The Kier molecular flexibility index (Phi) is 2.38. The molecule has 0 bridgehead atoms. The maximum Gasteiger partial charge on any atom is 0.116 e. The lowest BCUT2D eigenvalue weighted by Gasteiger charge is -1.90. The zero-order chi connectivity index (χ0) is 6.69. The predicted octanol–water partition coefficient (Wildman–Crippen LogP) is 2.16. The predicted molar refractivity (Wildman–Crippen MR) is 41.8 cm³/mol. The summed E-state index contributed by atoms with van der Waals surface area (Å²) < 4.78 is 12.7. The summed E-state index contributed by atoms with van der Waals surface area (Å²) in [4.78, 5) is 3.90. The summed E-state index contributed by atoms with van der Waals surface area (Å²) in [5, 5.41) is 0. The van der Waals surface area contributed by atoms with Gasteiger partial charge >= 0.3 is 0 Å². The van der Waals surface area contributed by atoms with E-state index in [-0.39, 0.29) is 0 Å². The summed E-state index contributed by atoms with van der Waals surface area (Å²) in [5.41, 5.74) is 0.635. The van der Waals surface area contributed by atoms with Gasteiger partial charge in [-0.1, -0.05) is 6.07 Å². The third-order valence-corrected chi connectivity index (χ3v) is 1.58. The van der Waals surface area contributed by atoms with Crippen LogP contribution in [0.5, 0.6) is 0 Å². The molecule has 1 aromatic heterocycles. The molecule has 0 aliphatic heterocycles. The van der Waals surface area contributed by atoms with E-state index in [1.807, 2.05) is 0 Å². The monoisotopic (exact) mass is 237 g/mol. The minimum atomic E-state index is -0.427. The Balaban J connectivity index is 2.88. The number of rotatable bonds is 1. The summed E-state index contributed by atoms with van der Waals surface area (Å²) >= 11 is 2.08. The standard InChI is InChI=1S/C6H5FIN/c7-3-5-1-2-6(8)9-4-5/h1-2,4H,3H2. The van der Waals surface area contributed by atoms with Crippen LogP contribution in [0.4, 0.5) is 4.39 Å². The average Bonchev–Trinajstić information content (AvgIpc) is 1.90.